The van der Waals surface area contributed by atoms with E-state index in [0.717, 1.165) is 45.6 Å². The summed E-state index contributed by atoms with van der Waals surface area (Å²) in [5, 5.41) is 14.6. The Hall–Kier alpha value is -2.14. The molecule has 2 saturated heterocycles. The van der Waals surface area contributed by atoms with Gasteiger partial charge in [0.25, 0.3) is 0 Å². The molecule has 2 amide bonds. The number of nitrogens with zero attached hydrogens (tertiary/aromatic N) is 2. The normalized spacial score (nSPS) is 20.8. The van der Waals surface area contributed by atoms with E-state index >= 15 is 0 Å². The number of benzene rings is 1. The minimum absolute atomic E-state index is 0.234. The van der Waals surface area contributed by atoms with Crippen LogP contribution in [0, 0.1) is 17.2 Å². The van der Waals surface area contributed by atoms with Gasteiger partial charge in [0, 0.05) is 24.2 Å². The van der Waals surface area contributed by atoms with E-state index in [1.165, 1.54) is 12.1 Å². The summed E-state index contributed by atoms with van der Waals surface area (Å²) in [7, 11) is 0. The molecule has 2 aliphatic heterocycles. The van der Waals surface area contributed by atoms with Crippen molar-refractivity contribution in [2.45, 2.75) is 25.3 Å². The first kappa shape index (κ1) is 19.6. The summed E-state index contributed by atoms with van der Waals surface area (Å²) in [5.74, 6) is -1.14. The molecule has 2 N–H and O–H groups in total. The fourth-order valence-electron chi connectivity index (χ4n) is 3.55. The molecule has 2 aliphatic rings. The molecule has 1 unspecified atom stereocenters. The molecule has 1 aromatic carbocycles. The largest absolute Gasteiger partial charge is 0.380 e. The molecule has 0 aromatic heterocycles. The maximum absolute atomic E-state index is 12.1. The van der Waals surface area contributed by atoms with Crippen molar-refractivity contribution in [2.75, 3.05) is 38.2 Å². The predicted octanol–water partition coefficient (Wildman–Crippen LogP) is 1.77. The number of nitrogens with one attached hydrogen (secondary N) is 2. The lowest BCUT2D eigenvalue weighted by Gasteiger charge is -2.35. The molecular formula is C19H23ClN4O3. The Kier molecular flexibility index (Phi) is 6.67. The average molecular weight is 391 g/mol. The smallest absolute Gasteiger partial charge is 0.313 e. The lowest BCUT2D eigenvalue weighted by molar-refractivity contribution is -0.136. The molecule has 0 radical (unpaired) electrons. The maximum Gasteiger partial charge on any atom is 0.313 e. The van der Waals surface area contributed by atoms with Gasteiger partial charge in [0.2, 0.25) is 0 Å². The number of piperidine rings is 1. The van der Waals surface area contributed by atoms with Gasteiger partial charge in [-0.25, -0.2) is 0 Å². The Morgan fingerprint density at radius 3 is 2.70 bits per heavy atom. The van der Waals surface area contributed by atoms with E-state index in [1.807, 2.05) is 6.07 Å². The minimum atomic E-state index is -0.797. The highest BCUT2D eigenvalue weighted by Crippen LogP contribution is 2.22. The molecule has 8 heteroatoms. The summed E-state index contributed by atoms with van der Waals surface area (Å²) in [6, 6.07) is 6.99. The van der Waals surface area contributed by atoms with Crippen molar-refractivity contribution >= 4 is 29.1 Å². The number of likely N-dealkylation sites (tertiary alicyclic amines) is 1. The van der Waals surface area contributed by atoms with Gasteiger partial charge in [0.15, 0.2) is 0 Å². The molecule has 2 heterocycles. The summed E-state index contributed by atoms with van der Waals surface area (Å²) in [6.07, 6.45) is 3.08. The van der Waals surface area contributed by atoms with Gasteiger partial charge in [-0.1, -0.05) is 11.6 Å². The zero-order chi connectivity index (χ0) is 19.2. The zero-order valence-electron chi connectivity index (χ0n) is 15.0. The lowest BCUT2D eigenvalue weighted by atomic mass is 9.95. The monoisotopic (exact) mass is 390 g/mol. The van der Waals surface area contributed by atoms with Crippen LogP contribution in [-0.2, 0) is 14.3 Å². The van der Waals surface area contributed by atoms with Crippen LogP contribution in [0.5, 0.6) is 0 Å². The van der Waals surface area contributed by atoms with Crippen LogP contribution in [0.3, 0.4) is 0 Å². The molecule has 0 aliphatic carbocycles. The van der Waals surface area contributed by atoms with Crippen molar-refractivity contribution in [3.8, 4) is 6.07 Å². The minimum Gasteiger partial charge on any atom is -0.380 e. The molecule has 144 valence electrons. The number of anilines is 1. The Balaban J connectivity index is 1.44. The number of halogens is 1. The molecule has 3 rings (SSSR count). The fraction of sp³-hybridized carbons (Fsp3) is 0.526. The number of ether oxygens (including phenoxy) is 1. The lowest BCUT2D eigenvalue weighted by Crippen LogP contribution is -2.45. The number of hydrogen-bond donors (Lipinski definition) is 2. The quantitative estimate of drug-likeness (QED) is 0.764. The number of amides is 2. The Labute approximate surface area is 163 Å². The van der Waals surface area contributed by atoms with Crippen LogP contribution < -0.4 is 10.6 Å². The van der Waals surface area contributed by atoms with E-state index in [9.17, 15) is 9.59 Å². The van der Waals surface area contributed by atoms with Crippen LogP contribution in [0.2, 0.25) is 5.02 Å². The van der Waals surface area contributed by atoms with E-state index in [-0.39, 0.29) is 11.3 Å². The van der Waals surface area contributed by atoms with Crippen LogP contribution in [0.15, 0.2) is 18.2 Å². The average Bonchev–Trinajstić information content (AvgIpc) is 3.21. The van der Waals surface area contributed by atoms with Crippen LogP contribution in [0.4, 0.5) is 5.69 Å². The summed E-state index contributed by atoms with van der Waals surface area (Å²) >= 11 is 5.89. The van der Waals surface area contributed by atoms with Gasteiger partial charge in [-0.3, -0.25) is 14.5 Å². The van der Waals surface area contributed by atoms with E-state index in [4.69, 9.17) is 21.6 Å². The number of hydrogen-bond acceptors (Lipinski definition) is 5. The molecule has 7 nitrogen and oxygen atoms in total. The zero-order valence-corrected chi connectivity index (χ0v) is 15.8. The first-order valence-corrected chi connectivity index (χ1v) is 9.55. The number of nitriles is 1. The Morgan fingerprint density at radius 2 is 2.04 bits per heavy atom. The van der Waals surface area contributed by atoms with Crippen LogP contribution in [-0.4, -0.2) is 55.6 Å². The number of rotatable bonds is 4. The highest BCUT2D eigenvalue weighted by atomic mass is 35.5. The van der Waals surface area contributed by atoms with Crippen LogP contribution >= 0.6 is 11.6 Å². The highest BCUT2D eigenvalue weighted by Gasteiger charge is 2.28. The molecule has 1 atom stereocenters. The van der Waals surface area contributed by atoms with E-state index < -0.39 is 11.8 Å². The van der Waals surface area contributed by atoms with Gasteiger partial charge < -0.3 is 15.4 Å². The summed E-state index contributed by atoms with van der Waals surface area (Å²) < 4.78 is 5.44. The molecule has 0 bridgehead atoms. The third kappa shape index (κ3) is 5.19. The van der Waals surface area contributed by atoms with Gasteiger partial charge in [0.1, 0.15) is 6.07 Å². The van der Waals surface area contributed by atoms with Gasteiger partial charge in [-0.05, 0) is 56.5 Å². The third-order valence-electron chi connectivity index (χ3n) is 5.18. The second-order valence-electron chi connectivity index (χ2n) is 6.96. The number of carbonyl (C=O) groups excluding carboxylic acids is 2. The fourth-order valence-corrected chi connectivity index (χ4v) is 3.72. The topological polar surface area (TPSA) is 94.5 Å². The first-order valence-electron chi connectivity index (χ1n) is 9.17. The van der Waals surface area contributed by atoms with E-state index in [0.29, 0.717) is 23.5 Å². The third-order valence-corrected chi connectivity index (χ3v) is 5.41. The summed E-state index contributed by atoms with van der Waals surface area (Å²) in [5.41, 5.74) is 0.487. The van der Waals surface area contributed by atoms with Gasteiger partial charge >= 0.3 is 11.8 Å². The summed E-state index contributed by atoms with van der Waals surface area (Å²) in [4.78, 5) is 26.6. The van der Waals surface area contributed by atoms with Crippen LogP contribution in [0.25, 0.3) is 0 Å². The Bertz CT molecular complexity index is 735. The number of carbonyl (C=O) groups is 2. The molecular weight excluding hydrogens is 368 g/mol. The van der Waals surface area contributed by atoms with Crippen molar-refractivity contribution in [3.63, 3.8) is 0 Å². The van der Waals surface area contributed by atoms with E-state index in [1.54, 1.807) is 6.07 Å². The SMILES string of the molecule is N#Cc1ccc(Cl)cc1NC(=O)C(=O)NCC1CCN(C2CCOC2)CC1. The van der Waals surface area contributed by atoms with Crippen molar-refractivity contribution in [2.24, 2.45) is 5.92 Å². The molecule has 1 aromatic rings. The second-order valence-corrected chi connectivity index (χ2v) is 7.40. The van der Waals surface area contributed by atoms with Crippen molar-refractivity contribution < 1.29 is 14.3 Å². The predicted molar refractivity (Wildman–Crippen MR) is 101 cm³/mol. The van der Waals surface area contributed by atoms with Crippen LogP contribution in [0.1, 0.15) is 24.8 Å². The van der Waals surface area contributed by atoms with E-state index in [2.05, 4.69) is 15.5 Å². The molecule has 0 saturated carbocycles. The summed E-state index contributed by atoms with van der Waals surface area (Å²) in [6.45, 7) is 4.12. The Morgan fingerprint density at radius 1 is 1.26 bits per heavy atom. The molecule has 27 heavy (non-hydrogen) atoms. The second kappa shape index (κ2) is 9.18. The molecule has 0 spiro atoms. The molecule has 2 fully saturated rings. The standard InChI is InChI=1S/C19H23ClN4O3/c20-15-2-1-14(10-21)17(9-15)23-19(26)18(25)22-11-13-3-6-24(7-4-13)16-5-8-27-12-16/h1-2,9,13,16H,3-8,11-12H2,(H,22,25)(H,23,26). The van der Waals surface area contributed by atoms with Crippen molar-refractivity contribution in [3.05, 3.63) is 28.8 Å². The van der Waals surface area contributed by atoms with Gasteiger partial charge in [-0.2, -0.15) is 5.26 Å². The van der Waals surface area contributed by atoms with Gasteiger partial charge in [0.05, 0.1) is 17.9 Å². The van der Waals surface area contributed by atoms with Crippen molar-refractivity contribution in [1.29, 1.82) is 5.26 Å². The van der Waals surface area contributed by atoms with Crippen molar-refractivity contribution in [1.82, 2.24) is 10.2 Å². The maximum atomic E-state index is 12.1. The highest BCUT2D eigenvalue weighted by molar-refractivity contribution is 6.40. The first-order chi connectivity index (χ1) is 13.1. The van der Waals surface area contributed by atoms with Gasteiger partial charge in [-0.15, -0.1) is 0 Å².